The van der Waals surface area contributed by atoms with E-state index in [1.54, 1.807) is 12.1 Å². The number of nitrogens with one attached hydrogen (secondary N) is 1. The maximum absolute atomic E-state index is 13.2. The number of fused-ring (bicyclic) bond motifs is 3. The van der Waals surface area contributed by atoms with E-state index in [0.717, 1.165) is 34.0 Å². The van der Waals surface area contributed by atoms with Crippen LogP contribution >= 0.6 is 0 Å². The van der Waals surface area contributed by atoms with Gasteiger partial charge in [-0.1, -0.05) is 36.4 Å². The molecule has 0 spiro atoms. The van der Waals surface area contributed by atoms with Gasteiger partial charge in [0.2, 0.25) is 0 Å². The van der Waals surface area contributed by atoms with Crippen molar-refractivity contribution < 1.29 is 9.18 Å². The first-order valence-electron chi connectivity index (χ1n) is 9.43. The zero-order valence-electron chi connectivity index (χ0n) is 15.3. The second-order valence-corrected chi connectivity index (χ2v) is 7.19. The van der Waals surface area contributed by atoms with Gasteiger partial charge in [0, 0.05) is 47.2 Å². The number of aromatic nitrogens is 1. The van der Waals surface area contributed by atoms with Crippen LogP contribution in [0.3, 0.4) is 0 Å². The predicted octanol–water partition coefficient (Wildman–Crippen LogP) is 5.17. The van der Waals surface area contributed by atoms with Gasteiger partial charge in [-0.2, -0.15) is 0 Å². The second-order valence-electron chi connectivity index (χ2n) is 7.19. The normalized spacial score (nSPS) is 13.5. The molecule has 138 valence electrons. The van der Waals surface area contributed by atoms with E-state index < -0.39 is 0 Å². The van der Waals surface area contributed by atoms with E-state index in [-0.39, 0.29) is 11.7 Å². The molecular formula is C24H19FN2O. The van der Waals surface area contributed by atoms with E-state index >= 15 is 0 Å². The molecule has 1 aliphatic heterocycles. The first-order valence-corrected chi connectivity index (χ1v) is 9.43. The van der Waals surface area contributed by atoms with Gasteiger partial charge < -0.3 is 9.88 Å². The fraction of sp³-hybridized carbons (Fsp3) is 0.125. The van der Waals surface area contributed by atoms with Gasteiger partial charge in [0.1, 0.15) is 5.82 Å². The average Bonchev–Trinajstić information content (AvgIpc) is 3.11. The maximum Gasteiger partial charge on any atom is 0.254 e. The summed E-state index contributed by atoms with van der Waals surface area (Å²) in [6, 6.07) is 22.2. The molecule has 4 aromatic rings. The van der Waals surface area contributed by atoms with Crippen LogP contribution < -0.4 is 0 Å². The summed E-state index contributed by atoms with van der Waals surface area (Å²) < 4.78 is 13.2. The Morgan fingerprint density at radius 2 is 1.68 bits per heavy atom. The molecule has 0 bridgehead atoms. The minimum Gasteiger partial charge on any atom is -0.358 e. The number of rotatable bonds is 2. The molecule has 5 rings (SSSR count). The van der Waals surface area contributed by atoms with Crippen molar-refractivity contribution in [2.45, 2.75) is 13.0 Å². The third kappa shape index (κ3) is 2.87. The maximum atomic E-state index is 13.2. The van der Waals surface area contributed by atoms with E-state index in [1.807, 2.05) is 41.3 Å². The lowest BCUT2D eigenvalue weighted by Crippen LogP contribution is -2.35. The zero-order chi connectivity index (χ0) is 19.1. The fourth-order valence-electron chi connectivity index (χ4n) is 3.97. The molecule has 0 aliphatic carbocycles. The Hall–Kier alpha value is -3.40. The van der Waals surface area contributed by atoms with Gasteiger partial charge in [0.15, 0.2) is 0 Å². The molecule has 3 nitrogen and oxygen atoms in total. The molecule has 0 fully saturated rings. The lowest BCUT2D eigenvalue weighted by atomic mass is 9.99. The lowest BCUT2D eigenvalue weighted by molar-refractivity contribution is 0.0735. The Bertz CT molecular complexity index is 1160. The van der Waals surface area contributed by atoms with E-state index in [9.17, 15) is 9.18 Å². The molecule has 0 saturated heterocycles. The van der Waals surface area contributed by atoms with Crippen molar-refractivity contribution in [3.63, 3.8) is 0 Å². The molecule has 4 heteroatoms. The number of nitrogens with zero attached hydrogens (tertiary/aromatic N) is 1. The number of halogens is 1. The van der Waals surface area contributed by atoms with E-state index in [2.05, 4.69) is 17.1 Å². The Balaban J connectivity index is 1.51. The SMILES string of the molecule is O=C(c1ccccc1)N1CCc2[nH]c3ccc(-c4ccc(F)cc4)cc3c2C1. The largest absolute Gasteiger partial charge is 0.358 e. The first-order chi connectivity index (χ1) is 13.7. The summed E-state index contributed by atoms with van der Waals surface area (Å²) in [5.74, 6) is -0.172. The summed E-state index contributed by atoms with van der Waals surface area (Å²) >= 11 is 0. The standard InChI is InChI=1S/C24H19FN2O/c25-19-9-6-16(7-10-19)18-8-11-22-20(14-18)21-15-27(13-12-23(21)26-22)24(28)17-4-2-1-3-5-17/h1-11,14,26H,12-13,15H2. The Morgan fingerprint density at radius 3 is 2.46 bits per heavy atom. The van der Waals surface area contributed by atoms with Crippen LogP contribution in [0.1, 0.15) is 21.6 Å². The highest BCUT2D eigenvalue weighted by Gasteiger charge is 2.24. The quantitative estimate of drug-likeness (QED) is 0.519. The third-order valence-corrected chi connectivity index (χ3v) is 5.46. The summed E-state index contributed by atoms with van der Waals surface area (Å²) in [6.07, 6.45) is 0.814. The van der Waals surface area contributed by atoms with Crippen molar-refractivity contribution in [2.75, 3.05) is 6.54 Å². The number of amides is 1. The van der Waals surface area contributed by atoms with Gasteiger partial charge in [0.05, 0.1) is 0 Å². The predicted molar refractivity (Wildman–Crippen MR) is 109 cm³/mol. The van der Waals surface area contributed by atoms with Crippen molar-refractivity contribution >= 4 is 16.8 Å². The lowest BCUT2D eigenvalue weighted by Gasteiger charge is -2.27. The fourth-order valence-corrected chi connectivity index (χ4v) is 3.97. The Labute approximate surface area is 162 Å². The molecule has 28 heavy (non-hydrogen) atoms. The van der Waals surface area contributed by atoms with E-state index in [0.29, 0.717) is 13.1 Å². The number of carbonyl (C=O) groups excluding carboxylic acids is 1. The van der Waals surface area contributed by atoms with Gasteiger partial charge in [-0.25, -0.2) is 4.39 Å². The molecule has 1 N–H and O–H groups in total. The number of hydrogen-bond donors (Lipinski definition) is 1. The monoisotopic (exact) mass is 370 g/mol. The van der Waals surface area contributed by atoms with Gasteiger partial charge >= 0.3 is 0 Å². The van der Waals surface area contributed by atoms with Crippen LogP contribution in [-0.4, -0.2) is 22.3 Å². The van der Waals surface area contributed by atoms with Crippen LogP contribution in [0.2, 0.25) is 0 Å². The summed E-state index contributed by atoms with van der Waals surface area (Å²) in [4.78, 5) is 18.3. The minimum absolute atomic E-state index is 0.0651. The highest BCUT2D eigenvalue weighted by atomic mass is 19.1. The highest BCUT2D eigenvalue weighted by molar-refractivity contribution is 5.95. The Kier molecular flexibility index (Phi) is 3.97. The minimum atomic E-state index is -0.237. The van der Waals surface area contributed by atoms with Gasteiger partial charge in [-0.3, -0.25) is 4.79 Å². The molecular weight excluding hydrogens is 351 g/mol. The molecule has 1 amide bonds. The van der Waals surface area contributed by atoms with Crippen LogP contribution in [0.25, 0.3) is 22.0 Å². The molecule has 0 saturated carbocycles. The van der Waals surface area contributed by atoms with Crippen LogP contribution in [-0.2, 0) is 13.0 Å². The van der Waals surface area contributed by atoms with E-state index in [4.69, 9.17) is 0 Å². The van der Waals surface area contributed by atoms with Gasteiger partial charge in [-0.15, -0.1) is 0 Å². The van der Waals surface area contributed by atoms with Crippen molar-refractivity contribution in [1.29, 1.82) is 0 Å². The molecule has 1 aromatic heterocycles. The van der Waals surface area contributed by atoms with Gasteiger partial charge in [-0.05, 0) is 47.5 Å². The van der Waals surface area contributed by atoms with Crippen molar-refractivity contribution in [1.82, 2.24) is 9.88 Å². The van der Waals surface area contributed by atoms with Crippen molar-refractivity contribution in [3.05, 3.63) is 95.4 Å². The second kappa shape index (κ2) is 6.64. The zero-order valence-corrected chi connectivity index (χ0v) is 15.3. The third-order valence-electron chi connectivity index (χ3n) is 5.46. The summed E-state index contributed by atoms with van der Waals surface area (Å²) in [6.45, 7) is 1.30. The summed E-state index contributed by atoms with van der Waals surface area (Å²) in [7, 11) is 0. The first kappa shape index (κ1) is 16.8. The van der Waals surface area contributed by atoms with E-state index in [1.165, 1.54) is 23.4 Å². The van der Waals surface area contributed by atoms with Crippen LogP contribution in [0.4, 0.5) is 4.39 Å². The van der Waals surface area contributed by atoms with Crippen molar-refractivity contribution in [3.8, 4) is 11.1 Å². The number of H-pyrrole nitrogens is 1. The molecule has 0 radical (unpaired) electrons. The number of carbonyl (C=O) groups is 1. The van der Waals surface area contributed by atoms with Crippen LogP contribution in [0.5, 0.6) is 0 Å². The Morgan fingerprint density at radius 1 is 0.929 bits per heavy atom. The van der Waals surface area contributed by atoms with Crippen LogP contribution in [0, 0.1) is 5.82 Å². The molecule has 0 atom stereocenters. The van der Waals surface area contributed by atoms with Gasteiger partial charge in [0.25, 0.3) is 5.91 Å². The molecule has 0 unspecified atom stereocenters. The number of hydrogen-bond acceptors (Lipinski definition) is 1. The smallest absolute Gasteiger partial charge is 0.254 e. The summed E-state index contributed by atoms with van der Waals surface area (Å²) in [5, 5.41) is 1.13. The number of aromatic amines is 1. The highest BCUT2D eigenvalue weighted by Crippen LogP contribution is 2.32. The molecule has 2 heterocycles. The topological polar surface area (TPSA) is 36.1 Å². The average molecular weight is 370 g/mol. The molecule has 3 aromatic carbocycles. The summed E-state index contributed by atoms with van der Waals surface area (Å²) in [5.41, 5.74) is 6.19. The van der Waals surface area contributed by atoms with Crippen LogP contribution in [0.15, 0.2) is 72.8 Å². The number of benzene rings is 3. The van der Waals surface area contributed by atoms with Crippen molar-refractivity contribution in [2.24, 2.45) is 0 Å². The molecule has 1 aliphatic rings.